The van der Waals surface area contributed by atoms with Crippen LogP contribution in [0.3, 0.4) is 0 Å². The van der Waals surface area contributed by atoms with E-state index in [0.29, 0.717) is 52.5 Å². The molecule has 0 amide bonds. The van der Waals surface area contributed by atoms with Gasteiger partial charge in [-0.15, -0.1) is 0 Å². The molecule has 0 spiro atoms. The third kappa shape index (κ3) is 21.4. The van der Waals surface area contributed by atoms with E-state index >= 15 is 0 Å². The summed E-state index contributed by atoms with van der Waals surface area (Å²) in [7, 11) is 0. The lowest BCUT2D eigenvalue weighted by atomic mass is 10.1. The minimum atomic E-state index is -0.122. The second kappa shape index (κ2) is 22.4. The van der Waals surface area contributed by atoms with Gasteiger partial charge < -0.3 is 18.9 Å². The first-order chi connectivity index (χ1) is 12.8. The number of hydrogen-bond donors (Lipinski definition) is 0. The number of carbonyl (C=O) groups is 1. The first-order valence-electron chi connectivity index (χ1n) is 10.7. The molecule has 0 aliphatic rings. The van der Waals surface area contributed by atoms with Crippen molar-refractivity contribution in [3.05, 3.63) is 0 Å². The molecule has 0 aliphatic heterocycles. The van der Waals surface area contributed by atoms with Crippen molar-refractivity contribution in [2.45, 2.75) is 84.5 Å². The third-order valence-electron chi connectivity index (χ3n) is 4.07. The van der Waals surface area contributed by atoms with Crippen molar-refractivity contribution in [3.63, 3.8) is 0 Å². The maximum atomic E-state index is 11.4. The quantitative estimate of drug-likeness (QED) is 0.211. The predicted octanol–water partition coefficient (Wildman–Crippen LogP) is 4.91. The zero-order valence-electron chi connectivity index (χ0n) is 17.3. The second-order valence-corrected chi connectivity index (χ2v) is 6.64. The van der Waals surface area contributed by atoms with Gasteiger partial charge in [-0.05, 0) is 19.3 Å². The van der Waals surface area contributed by atoms with Crippen molar-refractivity contribution in [2.75, 3.05) is 46.2 Å². The molecule has 0 fully saturated rings. The molecule has 156 valence electrons. The average molecular weight is 375 g/mol. The van der Waals surface area contributed by atoms with Gasteiger partial charge in [-0.25, -0.2) is 0 Å². The molecule has 0 bridgehead atoms. The number of ether oxygens (including phenoxy) is 4. The Kier molecular flexibility index (Phi) is 21.8. The van der Waals surface area contributed by atoms with Gasteiger partial charge in [0.15, 0.2) is 0 Å². The second-order valence-electron chi connectivity index (χ2n) is 6.64. The highest BCUT2D eigenvalue weighted by atomic mass is 16.5. The van der Waals surface area contributed by atoms with Gasteiger partial charge in [-0.3, -0.25) is 4.79 Å². The van der Waals surface area contributed by atoms with Gasteiger partial charge >= 0.3 is 5.97 Å². The topological polar surface area (TPSA) is 54.0 Å². The van der Waals surface area contributed by atoms with Crippen LogP contribution in [0.2, 0.25) is 0 Å². The van der Waals surface area contributed by atoms with Crippen molar-refractivity contribution >= 4 is 5.97 Å². The van der Waals surface area contributed by atoms with Gasteiger partial charge in [0, 0.05) is 19.6 Å². The maximum Gasteiger partial charge on any atom is 0.305 e. The van der Waals surface area contributed by atoms with Gasteiger partial charge in [0.1, 0.15) is 0 Å². The van der Waals surface area contributed by atoms with E-state index in [1.165, 1.54) is 32.1 Å². The molecule has 0 saturated heterocycles. The van der Waals surface area contributed by atoms with Gasteiger partial charge in [-0.1, -0.05) is 58.8 Å². The minimum Gasteiger partial charge on any atom is -0.466 e. The monoisotopic (exact) mass is 374 g/mol. The minimum absolute atomic E-state index is 0.122. The van der Waals surface area contributed by atoms with Crippen molar-refractivity contribution in [1.29, 1.82) is 0 Å². The fraction of sp³-hybridized carbons (Fsp3) is 0.952. The first kappa shape index (κ1) is 25.4. The van der Waals surface area contributed by atoms with Gasteiger partial charge in [0.2, 0.25) is 0 Å². The molecular formula is C21H42O5. The molecule has 0 heterocycles. The van der Waals surface area contributed by atoms with Crippen LogP contribution in [0.1, 0.15) is 84.5 Å². The van der Waals surface area contributed by atoms with Crippen LogP contribution in [0, 0.1) is 0 Å². The Bertz CT molecular complexity index is 284. The molecule has 0 radical (unpaired) electrons. The van der Waals surface area contributed by atoms with E-state index in [0.717, 1.165) is 32.3 Å². The molecule has 0 aromatic carbocycles. The standard InChI is InChI=1S/C21H42O5/c1-3-5-7-8-9-11-14-23-17-19-25-20-18-24-15-12-13-21(22)26-16-10-6-4-2/h3-20H2,1-2H3. The van der Waals surface area contributed by atoms with Crippen molar-refractivity contribution < 1.29 is 23.7 Å². The summed E-state index contributed by atoms with van der Waals surface area (Å²) in [4.78, 5) is 11.4. The summed E-state index contributed by atoms with van der Waals surface area (Å²) in [6, 6.07) is 0. The lowest BCUT2D eigenvalue weighted by Crippen LogP contribution is -2.11. The number of carbonyl (C=O) groups excluding carboxylic acids is 1. The van der Waals surface area contributed by atoms with Crippen LogP contribution in [0.4, 0.5) is 0 Å². The van der Waals surface area contributed by atoms with Gasteiger partial charge in [-0.2, -0.15) is 0 Å². The number of esters is 1. The van der Waals surface area contributed by atoms with Crippen LogP contribution in [0.5, 0.6) is 0 Å². The highest BCUT2D eigenvalue weighted by molar-refractivity contribution is 5.69. The normalized spacial score (nSPS) is 11.0. The Labute approximate surface area is 161 Å². The fourth-order valence-corrected chi connectivity index (χ4v) is 2.46. The van der Waals surface area contributed by atoms with E-state index in [-0.39, 0.29) is 5.97 Å². The summed E-state index contributed by atoms with van der Waals surface area (Å²) in [5, 5.41) is 0. The van der Waals surface area contributed by atoms with E-state index in [2.05, 4.69) is 13.8 Å². The number of hydrogen-bond acceptors (Lipinski definition) is 5. The lowest BCUT2D eigenvalue weighted by molar-refractivity contribution is -0.144. The summed E-state index contributed by atoms with van der Waals surface area (Å²) in [5.74, 6) is -0.122. The van der Waals surface area contributed by atoms with Crippen molar-refractivity contribution in [3.8, 4) is 0 Å². The molecule has 0 atom stereocenters. The molecule has 5 heteroatoms. The first-order valence-corrected chi connectivity index (χ1v) is 10.7. The number of unbranched alkanes of at least 4 members (excludes halogenated alkanes) is 7. The predicted molar refractivity (Wildman–Crippen MR) is 106 cm³/mol. The molecule has 0 saturated carbocycles. The van der Waals surface area contributed by atoms with E-state index < -0.39 is 0 Å². The van der Waals surface area contributed by atoms with E-state index in [1.54, 1.807) is 0 Å². The van der Waals surface area contributed by atoms with Crippen molar-refractivity contribution in [2.24, 2.45) is 0 Å². The largest absolute Gasteiger partial charge is 0.466 e. The lowest BCUT2D eigenvalue weighted by Gasteiger charge is -2.07. The molecule has 0 rings (SSSR count). The number of rotatable bonds is 21. The summed E-state index contributed by atoms with van der Waals surface area (Å²) < 4.78 is 21.6. The van der Waals surface area contributed by atoms with E-state index in [9.17, 15) is 4.79 Å². The van der Waals surface area contributed by atoms with E-state index in [4.69, 9.17) is 18.9 Å². The van der Waals surface area contributed by atoms with Crippen LogP contribution in [-0.4, -0.2) is 52.2 Å². The van der Waals surface area contributed by atoms with Gasteiger partial charge in [0.25, 0.3) is 0 Å². The average Bonchev–Trinajstić information content (AvgIpc) is 2.65. The van der Waals surface area contributed by atoms with Gasteiger partial charge in [0.05, 0.1) is 33.0 Å². The summed E-state index contributed by atoms with van der Waals surface area (Å²) >= 11 is 0. The van der Waals surface area contributed by atoms with Crippen LogP contribution in [0.15, 0.2) is 0 Å². The smallest absolute Gasteiger partial charge is 0.305 e. The zero-order chi connectivity index (χ0) is 19.1. The SMILES string of the molecule is CCCCCCCCOCCOCCOCCCC(=O)OCCCCC. The maximum absolute atomic E-state index is 11.4. The highest BCUT2D eigenvalue weighted by Gasteiger charge is 2.02. The molecule has 26 heavy (non-hydrogen) atoms. The third-order valence-corrected chi connectivity index (χ3v) is 4.07. The molecule has 0 aromatic heterocycles. The Morgan fingerprint density at radius 3 is 1.65 bits per heavy atom. The van der Waals surface area contributed by atoms with E-state index in [1.807, 2.05) is 0 Å². The molecule has 0 aliphatic carbocycles. The molecule has 0 aromatic rings. The molecule has 5 nitrogen and oxygen atoms in total. The summed E-state index contributed by atoms with van der Waals surface area (Å²) in [6.45, 7) is 8.71. The van der Waals surface area contributed by atoms with Crippen LogP contribution in [0.25, 0.3) is 0 Å². The Balaban J connectivity index is 3.07. The Morgan fingerprint density at radius 2 is 1.00 bits per heavy atom. The fourth-order valence-electron chi connectivity index (χ4n) is 2.46. The van der Waals surface area contributed by atoms with Crippen LogP contribution in [-0.2, 0) is 23.7 Å². The van der Waals surface area contributed by atoms with Crippen LogP contribution >= 0.6 is 0 Å². The molecule has 0 N–H and O–H groups in total. The Morgan fingerprint density at radius 1 is 0.538 bits per heavy atom. The highest BCUT2D eigenvalue weighted by Crippen LogP contribution is 2.04. The van der Waals surface area contributed by atoms with Crippen molar-refractivity contribution in [1.82, 2.24) is 0 Å². The zero-order valence-corrected chi connectivity index (χ0v) is 17.3. The summed E-state index contributed by atoms with van der Waals surface area (Å²) in [6.07, 6.45) is 12.1. The Hall–Kier alpha value is -0.650. The van der Waals surface area contributed by atoms with Crippen LogP contribution < -0.4 is 0 Å². The molecule has 0 unspecified atom stereocenters. The molecular weight excluding hydrogens is 332 g/mol. The summed E-state index contributed by atoms with van der Waals surface area (Å²) in [5.41, 5.74) is 0.